The largest absolute Gasteiger partial charge is 0.469 e. The van der Waals surface area contributed by atoms with Gasteiger partial charge in [-0.05, 0) is 67.2 Å². The standard InChI is InChI=1S/C35H44N4O2.C3H6O2.2C2H6.C2H4/c1-6-10-33-32(21-26-13-15-27(16-14-26)31-12-9-8-11-30(31)24(3)4)34(40)38(35-36-23-37-39(33)35)28-17-19-29(20-18-28)41-22-25(5)7-2;1-3(4)5-2;3*1-2/h8-9,11-16,23,25,28-29H,3,6-7,10,17-22H2,1-2,4-5H3;1-2H3;2*1-2H3;1-2H2. The molecule has 1 aliphatic carbocycles. The van der Waals surface area contributed by atoms with E-state index in [-0.39, 0.29) is 23.7 Å². The van der Waals surface area contributed by atoms with Gasteiger partial charge in [0.2, 0.25) is 5.78 Å². The highest BCUT2D eigenvalue weighted by Gasteiger charge is 2.28. The van der Waals surface area contributed by atoms with E-state index in [9.17, 15) is 9.59 Å². The van der Waals surface area contributed by atoms with Crippen molar-refractivity contribution in [1.29, 1.82) is 0 Å². The Morgan fingerprint density at radius 3 is 2.10 bits per heavy atom. The summed E-state index contributed by atoms with van der Waals surface area (Å²) in [5.41, 5.74) is 7.53. The number of carbonyl (C=O) groups excluding carboxylic acids is 1. The molecule has 0 bridgehead atoms. The fourth-order valence-electron chi connectivity index (χ4n) is 6.08. The van der Waals surface area contributed by atoms with Crippen molar-refractivity contribution in [3.8, 4) is 11.1 Å². The van der Waals surface area contributed by atoms with E-state index in [4.69, 9.17) is 4.74 Å². The molecule has 1 aliphatic rings. The number of carbonyl (C=O) groups is 1. The van der Waals surface area contributed by atoms with E-state index in [1.807, 2.05) is 43.7 Å². The summed E-state index contributed by atoms with van der Waals surface area (Å²) < 4.78 is 14.2. The van der Waals surface area contributed by atoms with Crippen molar-refractivity contribution < 1.29 is 14.3 Å². The Kier molecular flexibility index (Phi) is 21.8. The lowest BCUT2D eigenvalue weighted by Gasteiger charge is -2.31. The maximum Gasteiger partial charge on any atom is 0.302 e. The number of hydrogen-bond donors (Lipinski definition) is 0. The van der Waals surface area contributed by atoms with E-state index in [1.54, 1.807) is 6.33 Å². The van der Waals surface area contributed by atoms with E-state index in [0.717, 1.165) is 85.1 Å². The van der Waals surface area contributed by atoms with Crippen LogP contribution in [0.1, 0.15) is 129 Å². The molecule has 2 aromatic heterocycles. The predicted octanol–water partition coefficient (Wildman–Crippen LogP) is 10.7. The van der Waals surface area contributed by atoms with Crippen LogP contribution >= 0.6 is 0 Å². The number of aromatic nitrogens is 4. The highest BCUT2D eigenvalue weighted by molar-refractivity contribution is 5.79. The Hall–Kier alpha value is -4.30. The molecule has 1 saturated carbocycles. The van der Waals surface area contributed by atoms with Gasteiger partial charge in [0.25, 0.3) is 5.56 Å². The van der Waals surface area contributed by atoms with Gasteiger partial charge in [-0.15, -0.1) is 13.2 Å². The maximum absolute atomic E-state index is 14.3. The molecular weight excluding hydrogens is 649 g/mol. The topological polar surface area (TPSA) is 87.7 Å². The summed E-state index contributed by atoms with van der Waals surface area (Å²) in [5, 5.41) is 4.60. The molecule has 0 amide bonds. The molecule has 0 spiro atoms. The van der Waals surface area contributed by atoms with Crippen LogP contribution in [0.5, 0.6) is 0 Å². The number of nitrogens with zero attached hydrogens (tertiary/aromatic N) is 4. The lowest BCUT2D eigenvalue weighted by Crippen LogP contribution is -2.35. The monoisotopic (exact) mass is 715 g/mol. The average molecular weight is 715 g/mol. The zero-order valence-corrected chi connectivity index (χ0v) is 33.8. The first kappa shape index (κ1) is 45.7. The van der Waals surface area contributed by atoms with Crippen molar-refractivity contribution in [3.05, 3.63) is 107 Å². The molecule has 0 radical (unpaired) electrons. The quantitative estimate of drug-likeness (QED) is 0.114. The molecule has 2 heterocycles. The summed E-state index contributed by atoms with van der Waals surface area (Å²) in [4.78, 5) is 28.4. The van der Waals surface area contributed by atoms with Gasteiger partial charge in [-0.25, -0.2) is 4.52 Å². The second-order valence-corrected chi connectivity index (χ2v) is 12.5. The second kappa shape index (κ2) is 24.8. The second-order valence-electron chi connectivity index (χ2n) is 12.5. The number of ether oxygens (including phenoxy) is 2. The van der Waals surface area contributed by atoms with Crippen LogP contribution in [0.15, 0.2) is 79.4 Å². The minimum absolute atomic E-state index is 0.0784. The zero-order valence-electron chi connectivity index (χ0n) is 33.8. The van der Waals surface area contributed by atoms with E-state index in [2.05, 4.69) is 104 Å². The predicted molar refractivity (Wildman–Crippen MR) is 219 cm³/mol. The number of esters is 1. The van der Waals surface area contributed by atoms with Gasteiger partial charge in [0.1, 0.15) is 6.33 Å². The minimum Gasteiger partial charge on any atom is -0.469 e. The molecule has 2 aromatic carbocycles. The molecule has 0 N–H and O–H groups in total. The summed E-state index contributed by atoms with van der Waals surface area (Å²) in [6.45, 7) is 29.0. The van der Waals surface area contributed by atoms with Crippen molar-refractivity contribution in [2.24, 2.45) is 5.92 Å². The van der Waals surface area contributed by atoms with Crippen LogP contribution in [0.25, 0.3) is 22.5 Å². The summed E-state index contributed by atoms with van der Waals surface area (Å²) in [7, 11) is 1.35. The highest BCUT2D eigenvalue weighted by Crippen LogP contribution is 2.32. The summed E-state index contributed by atoms with van der Waals surface area (Å²) >= 11 is 0. The minimum atomic E-state index is -0.245. The SMILES string of the molecule is C=C.C=C(C)c1ccccc1-c1ccc(Cc2c(CCC)n3ncnc3n(C3CCC(OCC(C)CC)CC3)c2=O)cc1.CC.CC.COC(C)=O. The number of aryl methyl sites for hydroxylation is 1. The lowest BCUT2D eigenvalue weighted by atomic mass is 9.92. The van der Waals surface area contributed by atoms with Crippen molar-refractivity contribution in [2.75, 3.05) is 13.7 Å². The summed E-state index contributed by atoms with van der Waals surface area (Å²) in [6, 6.07) is 17.1. The number of hydrogen-bond acceptors (Lipinski definition) is 6. The first-order valence-electron chi connectivity index (χ1n) is 19.1. The molecule has 8 heteroatoms. The molecule has 0 saturated heterocycles. The molecule has 52 heavy (non-hydrogen) atoms. The number of fused-ring (bicyclic) bond motifs is 1. The Labute approximate surface area is 314 Å². The fraction of sp³-hybridized carbons (Fsp3) is 0.500. The van der Waals surface area contributed by atoms with Gasteiger partial charge >= 0.3 is 5.97 Å². The fourth-order valence-corrected chi connectivity index (χ4v) is 6.08. The molecular formula is C44H66N4O4. The zero-order chi connectivity index (χ0) is 39.2. The lowest BCUT2D eigenvalue weighted by molar-refractivity contribution is -0.137. The van der Waals surface area contributed by atoms with E-state index in [0.29, 0.717) is 18.1 Å². The van der Waals surface area contributed by atoms with Crippen LogP contribution in [-0.2, 0) is 27.1 Å². The average Bonchev–Trinajstić information content (AvgIpc) is 3.68. The molecule has 1 fully saturated rings. The van der Waals surface area contributed by atoms with Crippen molar-refractivity contribution >= 4 is 17.3 Å². The number of methoxy groups -OCH3 is 1. The summed E-state index contributed by atoms with van der Waals surface area (Å²) in [5.74, 6) is 0.998. The number of rotatable bonds is 11. The normalized spacial score (nSPS) is 15.2. The molecule has 8 nitrogen and oxygen atoms in total. The van der Waals surface area contributed by atoms with Gasteiger partial charge in [-0.1, -0.05) is 122 Å². The molecule has 286 valence electrons. The summed E-state index contributed by atoms with van der Waals surface area (Å²) in [6.07, 6.45) is 9.03. The van der Waals surface area contributed by atoms with Crippen LogP contribution < -0.4 is 5.56 Å². The Morgan fingerprint density at radius 2 is 1.56 bits per heavy atom. The van der Waals surface area contributed by atoms with Gasteiger partial charge in [-0.2, -0.15) is 10.1 Å². The number of benzene rings is 2. The van der Waals surface area contributed by atoms with Crippen LogP contribution in [-0.4, -0.2) is 45.0 Å². The molecule has 5 rings (SSSR count). The van der Waals surface area contributed by atoms with Crippen molar-refractivity contribution in [2.45, 2.75) is 126 Å². The first-order chi connectivity index (χ1) is 25.2. The van der Waals surface area contributed by atoms with Crippen LogP contribution in [0, 0.1) is 5.92 Å². The highest BCUT2D eigenvalue weighted by atomic mass is 16.5. The Bertz CT molecular complexity index is 1680. The van der Waals surface area contributed by atoms with Crippen LogP contribution in [0.3, 0.4) is 0 Å². The molecule has 1 atom stereocenters. The van der Waals surface area contributed by atoms with Gasteiger partial charge < -0.3 is 9.47 Å². The maximum atomic E-state index is 14.3. The third-order valence-corrected chi connectivity index (χ3v) is 8.96. The van der Waals surface area contributed by atoms with Crippen LogP contribution in [0.2, 0.25) is 0 Å². The van der Waals surface area contributed by atoms with Crippen molar-refractivity contribution in [3.63, 3.8) is 0 Å². The van der Waals surface area contributed by atoms with Gasteiger partial charge in [0.15, 0.2) is 0 Å². The van der Waals surface area contributed by atoms with Gasteiger partial charge in [0, 0.05) is 31.6 Å². The first-order valence-corrected chi connectivity index (χ1v) is 19.1. The molecule has 4 aromatic rings. The van der Waals surface area contributed by atoms with E-state index >= 15 is 0 Å². The smallest absolute Gasteiger partial charge is 0.302 e. The van der Waals surface area contributed by atoms with Crippen LogP contribution in [0.4, 0.5) is 0 Å². The third-order valence-electron chi connectivity index (χ3n) is 8.96. The van der Waals surface area contributed by atoms with E-state index < -0.39 is 0 Å². The van der Waals surface area contributed by atoms with Gasteiger partial charge in [0.05, 0.1) is 18.9 Å². The Morgan fingerprint density at radius 1 is 0.962 bits per heavy atom. The number of allylic oxidation sites excluding steroid dienone is 1. The molecule has 1 unspecified atom stereocenters. The molecule has 0 aliphatic heterocycles. The Balaban J connectivity index is 0.00000110. The third kappa shape index (κ3) is 12.7. The van der Waals surface area contributed by atoms with Crippen molar-refractivity contribution in [1.82, 2.24) is 19.2 Å². The van der Waals surface area contributed by atoms with E-state index in [1.165, 1.54) is 19.6 Å². The van der Waals surface area contributed by atoms with Gasteiger partial charge in [-0.3, -0.25) is 14.2 Å².